The monoisotopic (exact) mass is 257 g/mol. The summed E-state index contributed by atoms with van der Waals surface area (Å²) >= 11 is 1.86. The molecule has 17 heavy (non-hydrogen) atoms. The molecular formula is C11H23N5S. The number of hydrogen-bond donors (Lipinski definition) is 1. The molecule has 0 aromatic carbocycles. The molecule has 1 heterocycles. The van der Waals surface area contributed by atoms with E-state index in [4.69, 9.17) is 0 Å². The van der Waals surface area contributed by atoms with Crippen molar-refractivity contribution < 1.29 is 0 Å². The molecule has 0 aliphatic carbocycles. The molecule has 0 aliphatic rings. The van der Waals surface area contributed by atoms with E-state index in [1.807, 2.05) is 16.4 Å². The van der Waals surface area contributed by atoms with Gasteiger partial charge in [-0.2, -0.15) is 11.8 Å². The van der Waals surface area contributed by atoms with Gasteiger partial charge in [-0.1, -0.05) is 13.8 Å². The molecule has 0 spiro atoms. The van der Waals surface area contributed by atoms with Crippen molar-refractivity contribution in [2.75, 3.05) is 18.6 Å². The number of hydrogen-bond acceptors (Lipinski definition) is 5. The average molecular weight is 257 g/mol. The van der Waals surface area contributed by atoms with Gasteiger partial charge in [0.15, 0.2) is 5.82 Å². The number of nitrogens with one attached hydrogen (secondary N) is 1. The predicted octanol–water partition coefficient (Wildman–Crippen LogP) is 1.73. The molecule has 1 rings (SSSR count). The van der Waals surface area contributed by atoms with E-state index in [2.05, 4.69) is 47.9 Å². The average Bonchev–Trinajstić information content (AvgIpc) is 2.73. The lowest BCUT2D eigenvalue weighted by Gasteiger charge is -2.13. The highest BCUT2D eigenvalue weighted by Gasteiger charge is 2.12. The first-order chi connectivity index (χ1) is 8.15. The normalized spacial score (nSPS) is 13.2. The van der Waals surface area contributed by atoms with Gasteiger partial charge in [-0.05, 0) is 48.2 Å². The molecule has 0 radical (unpaired) electrons. The molecule has 0 fully saturated rings. The minimum Gasteiger partial charge on any atom is -0.310 e. The highest BCUT2D eigenvalue weighted by Crippen LogP contribution is 2.13. The van der Waals surface area contributed by atoms with Crippen molar-refractivity contribution in [2.24, 2.45) is 5.92 Å². The third kappa shape index (κ3) is 5.04. The summed E-state index contributed by atoms with van der Waals surface area (Å²) in [4.78, 5) is 0. The van der Waals surface area contributed by atoms with Crippen molar-refractivity contribution in [3.63, 3.8) is 0 Å². The Labute approximate surface area is 108 Å². The summed E-state index contributed by atoms with van der Waals surface area (Å²) < 4.78 is 1.93. The van der Waals surface area contributed by atoms with Gasteiger partial charge in [-0.15, -0.1) is 5.10 Å². The van der Waals surface area contributed by atoms with Crippen LogP contribution in [0.15, 0.2) is 0 Å². The third-order valence-electron chi connectivity index (χ3n) is 2.55. The lowest BCUT2D eigenvalue weighted by molar-refractivity contribution is 0.437. The highest BCUT2D eigenvalue weighted by atomic mass is 32.2. The van der Waals surface area contributed by atoms with Gasteiger partial charge < -0.3 is 5.32 Å². The van der Waals surface area contributed by atoms with Crippen LogP contribution in [0.25, 0.3) is 0 Å². The molecule has 6 heteroatoms. The zero-order chi connectivity index (χ0) is 12.7. The Bertz CT molecular complexity index is 313. The molecule has 1 N–H and O–H groups in total. The first kappa shape index (κ1) is 14.4. The molecule has 0 saturated heterocycles. The fourth-order valence-electron chi connectivity index (χ4n) is 1.55. The smallest absolute Gasteiger partial charge is 0.165 e. The summed E-state index contributed by atoms with van der Waals surface area (Å²) in [5.74, 6) is 2.72. The van der Waals surface area contributed by atoms with Crippen LogP contribution in [0.4, 0.5) is 0 Å². The molecule has 0 amide bonds. The summed E-state index contributed by atoms with van der Waals surface area (Å²) in [6.45, 7) is 8.29. The van der Waals surface area contributed by atoms with Crippen LogP contribution in [0.1, 0.15) is 39.1 Å². The van der Waals surface area contributed by atoms with E-state index in [9.17, 15) is 0 Å². The highest BCUT2D eigenvalue weighted by molar-refractivity contribution is 7.98. The van der Waals surface area contributed by atoms with E-state index in [0.717, 1.165) is 31.1 Å². The summed E-state index contributed by atoms with van der Waals surface area (Å²) in [7, 11) is 0. The first-order valence-corrected chi connectivity index (χ1v) is 7.51. The van der Waals surface area contributed by atoms with E-state index in [1.165, 1.54) is 0 Å². The van der Waals surface area contributed by atoms with Crippen LogP contribution in [0.3, 0.4) is 0 Å². The van der Waals surface area contributed by atoms with E-state index < -0.39 is 0 Å². The van der Waals surface area contributed by atoms with Crippen LogP contribution in [0, 0.1) is 5.92 Å². The minimum atomic E-state index is 0.369. The second-order valence-electron chi connectivity index (χ2n) is 4.69. The zero-order valence-corrected chi connectivity index (χ0v) is 12.0. The topological polar surface area (TPSA) is 55.6 Å². The lowest BCUT2D eigenvalue weighted by atomic mass is 10.2. The molecular weight excluding hydrogens is 234 g/mol. The maximum absolute atomic E-state index is 4.07. The van der Waals surface area contributed by atoms with Crippen molar-refractivity contribution in [1.29, 1.82) is 0 Å². The van der Waals surface area contributed by atoms with Crippen LogP contribution in [-0.4, -0.2) is 38.8 Å². The van der Waals surface area contributed by atoms with Gasteiger partial charge in [-0.3, -0.25) is 0 Å². The van der Waals surface area contributed by atoms with Crippen molar-refractivity contribution in [1.82, 2.24) is 25.5 Å². The first-order valence-electron chi connectivity index (χ1n) is 6.11. The molecule has 0 saturated carbocycles. The Morgan fingerprint density at radius 2 is 2.12 bits per heavy atom. The molecule has 5 nitrogen and oxygen atoms in total. The Hall–Kier alpha value is -0.620. The largest absolute Gasteiger partial charge is 0.310 e. The maximum Gasteiger partial charge on any atom is 0.165 e. The van der Waals surface area contributed by atoms with Gasteiger partial charge in [-0.25, -0.2) is 4.68 Å². The summed E-state index contributed by atoms with van der Waals surface area (Å²) in [5.41, 5.74) is 0. The Balaban J connectivity index is 2.47. The molecule has 0 bridgehead atoms. The van der Waals surface area contributed by atoms with Crippen molar-refractivity contribution in [2.45, 2.75) is 39.8 Å². The molecule has 0 aliphatic heterocycles. The van der Waals surface area contributed by atoms with Crippen LogP contribution in [0.2, 0.25) is 0 Å². The van der Waals surface area contributed by atoms with Crippen LogP contribution >= 0.6 is 11.8 Å². The summed E-state index contributed by atoms with van der Waals surface area (Å²) in [6, 6.07) is 0.369. The third-order valence-corrected chi connectivity index (χ3v) is 3.20. The fraction of sp³-hybridized carbons (Fsp3) is 0.909. The number of aromatic nitrogens is 4. The summed E-state index contributed by atoms with van der Waals surface area (Å²) in [6.07, 6.45) is 3.22. The van der Waals surface area contributed by atoms with Gasteiger partial charge in [0.05, 0.1) is 12.6 Å². The molecule has 1 aromatic heterocycles. The SMILES string of the molecule is CSCCC(C)n1nnnc1CNCC(C)C. The molecule has 98 valence electrons. The van der Waals surface area contributed by atoms with E-state index >= 15 is 0 Å². The maximum atomic E-state index is 4.07. The van der Waals surface area contributed by atoms with Gasteiger partial charge in [0.1, 0.15) is 0 Å². The van der Waals surface area contributed by atoms with Crippen LogP contribution < -0.4 is 5.32 Å². The Morgan fingerprint density at radius 1 is 1.35 bits per heavy atom. The molecule has 1 aromatic rings. The molecule has 1 atom stereocenters. The van der Waals surface area contributed by atoms with Gasteiger partial charge in [0.2, 0.25) is 0 Å². The minimum absolute atomic E-state index is 0.369. The zero-order valence-electron chi connectivity index (χ0n) is 11.2. The van der Waals surface area contributed by atoms with Crippen LogP contribution in [-0.2, 0) is 6.54 Å². The number of rotatable bonds is 8. The lowest BCUT2D eigenvalue weighted by Crippen LogP contribution is -2.23. The fourth-order valence-corrected chi connectivity index (χ4v) is 2.13. The second-order valence-corrected chi connectivity index (χ2v) is 5.68. The van der Waals surface area contributed by atoms with Crippen molar-refractivity contribution in [3.05, 3.63) is 5.82 Å². The van der Waals surface area contributed by atoms with E-state index in [-0.39, 0.29) is 0 Å². The number of thioether (sulfide) groups is 1. The Morgan fingerprint density at radius 3 is 2.76 bits per heavy atom. The van der Waals surface area contributed by atoms with E-state index in [0.29, 0.717) is 12.0 Å². The van der Waals surface area contributed by atoms with Crippen molar-refractivity contribution >= 4 is 11.8 Å². The van der Waals surface area contributed by atoms with Gasteiger partial charge >= 0.3 is 0 Å². The van der Waals surface area contributed by atoms with E-state index in [1.54, 1.807) is 0 Å². The molecule has 1 unspecified atom stereocenters. The standard InChI is InChI=1S/C11H23N5S/c1-9(2)7-12-8-11-13-14-15-16(11)10(3)5-6-17-4/h9-10,12H,5-8H2,1-4H3. The summed E-state index contributed by atoms with van der Waals surface area (Å²) in [5, 5.41) is 15.3. The predicted molar refractivity (Wildman–Crippen MR) is 72.1 cm³/mol. The second kappa shape index (κ2) is 7.66. The quantitative estimate of drug-likeness (QED) is 0.768. The van der Waals surface area contributed by atoms with Gasteiger partial charge in [0.25, 0.3) is 0 Å². The van der Waals surface area contributed by atoms with Crippen LogP contribution in [0.5, 0.6) is 0 Å². The number of tetrazole rings is 1. The van der Waals surface area contributed by atoms with Crippen molar-refractivity contribution in [3.8, 4) is 0 Å². The Kier molecular flexibility index (Phi) is 6.50. The number of nitrogens with zero attached hydrogens (tertiary/aromatic N) is 4. The van der Waals surface area contributed by atoms with Gasteiger partial charge in [0, 0.05) is 0 Å².